The van der Waals surface area contributed by atoms with Crippen LogP contribution in [0.3, 0.4) is 0 Å². The Morgan fingerprint density at radius 3 is 2.38 bits per heavy atom. The number of amides is 1. The summed E-state index contributed by atoms with van der Waals surface area (Å²) in [6, 6.07) is 5.75. The quantitative estimate of drug-likeness (QED) is 0.903. The van der Waals surface area contributed by atoms with E-state index in [0.717, 1.165) is 0 Å². The molecule has 2 N–H and O–H groups in total. The predicted octanol–water partition coefficient (Wildman–Crippen LogP) is 0.993. The topological polar surface area (TPSA) is 80.5 Å². The Labute approximate surface area is 124 Å². The van der Waals surface area contributed by atoms with Gasteiger partial charge in [-0.15, -0.1) is 0 Å². The highest BCUT2D eigenvalue weighted by atomic mass is 32.2. The predicted molar refractivity (Wildman–Crippen MR) is 77.5 cm³/mol. The number of hydrogen-bond donors (Lipinski definition) is 1. The van der Waals surface area contributed by atoms with Crippen LogP contribution < -0.4 is 5.14 Å². The van der Waals surface area contributed by atoms with E-state index in [0.29, 0.717) is 18.5 Å². The summed E-state index contributed by atoms with van der Waals surface area (Å²) in [5.41, 5.74) is -0.158. The number of primary sulfonamides is 1. The number of rotatable bonds is 3. The normalized spacial score (nSPS) is 19.8. The highest BCUT2D eigenvalue weighted by molar-refractivity contribution is 7.89. The van der Waals surface area contributed by atoms with Gasteiger partial charge in [0.25, 0.3) is 0 Å². The highest BCUT2D eigenvalue weighted by Crippen LogP contribution is 2.28. The van der Waals surface area contributed by atoms with Crippen molar-refractivity contribution >= 4 is 15.9 Å². The van der Waals surface area contributed by atoms with Gasteiger partial charge < -0.3 is 4.90 Å². The number of hydrogen-bond acceptors (Lipinski definition) is 3. The van der Waals surface area contributed by atoms with Crippen LogP contribution in [0.2, 0.25) is 0 Å². The van der Waals surface area contributed by atoms with Crippen LogP contribution in [-0.2, 0) is 20.2 Å². The summed E-state index contributed by atoms with van der Waals surface area (Å²) in [5, 5.41) is 4.43. The second-order valence-electron chi connectivity index (χ2n) is 5.88. The number of benzene rings is 1. The van der Waals surface area contributed by atoms with Gasteiger partial charge in [0.1, 0.15) is 5.82 Å². The molecule has 0 bridgehead atoms. The molecule has 2 rings (SSSR count). The summed E-state index contributed by atoms with van der Waals surface area (Å²) in [5.74, 6) is -0.544. The molecule has 1 aliphatic rings. The number of likely N-dealkylation sites (tertiary alicyclic amines) is 1. The fourth-order valence-electron chi connectivity index (χ4n) is 2.57. The molecule has 1 aromatic carbocycles. The van der Waals surface area contributed by atoms with E-state index >= 15 is 0 Å². The summed E-state index contributed by atoms with van der Waals surface area (Å²) < 4.78 is 35.7. The molecular weight excluding hydrogens is 295 g/mol. The van der Waals surface area contributed by atoms with Crippen LogP contribution >= 0.6 is 0 Å². The Bertz CT molecular complexity index is 641. The summed E-state index contributed by atoms with van der Waals surface area (Å²) in [6.07, 6.45) is 0.351. The number of sulfonamides is 1. The van der Waals surface area contributed by atoms with Crippen molar-refractivity contribution < 1.29 is 17.6 Å². The minimum atomic E-state index is -3.63. The second kappa shape index (κ2) is 5.38. The molecule has 1 fully saturated rings. The summed E-state index contributed by atoms with van der Waals surface area (Å²) in [6.45, 7) is 3.96. The molecule has 0 aromatic heterocycles. The van der Waals surface area contributed by atoms with Crippen LogP contribution in [-0.4, -0.2) is 37.6 Å². The summed E-state index contributed by atoms with van der Waals surface area (Å²) >= 11 is 0. The minimum Gasteiger partial charge on any atom is -0.341 e. The van der Waals surface area contributed by atoms with Gasteiger partial charge in [0.05, 0.1) is 10.7 Å². The molecule has 5 nitrogen and oxygen atoms in total. The van der Waals surface area contributed by atoms with Gasteiger partial charge in [-0.2, -0.15) is 0 Å². The third-order valence-electron chi connectivity index (χ3n) is 4.00. The van der Waals surface area contributed by atoms with Crippen molar-refractivity contribution in [2.24, 2.45) is 5.14 Å². The monoisotopic (exact) mass is 314 g/mol. The Balaban J connectivity index is 2.18. The van der Waals surface area contributed by atoms with E-state index in [1.54, 1.807) is 26.0 Å². The first-order valence-electron chi connectivity index (χ1n) is 6.69. The van der Waals surface area contributed by atoms with Gasteiger partial charge in [-0.1, -0.05) is 12.1 Å². The van der Waals surface area contributed by atoms with E-state index in [2.05, 4.69) is 0 Å². The minimum absolute atomic E-state index is 0.113. The van der Waals surface area contributed by atoms with Crippen molar-refractivity contribution in [2.75, 3.05) is 13.1 Å². The largest absolute Gasteiger partial charge is 0.341 e. The number of nitrogens with two attached hydrogens (primary N) is 1. The molecular formula is C14H19FN2O3S. The van der Waals surface area contributed by atoms with Gasteiger partial charge in [0.2, 0.25) is 15.9 Å². The molecule has 21 heavy (non-hydrogen) atoms. The van der Waals surface area contributed by atoms with E-state index in [1.165, 1.54) is 17.0 Å². The van der Waals surface area contributed by atoms with Crippen molar-refractivity contribution in [1.82, 2.24) is 4.90 Å². The van der Waals surface area contributed by atoms with E-state index in [9.17, 15) is 17.6 Å². The molecule has 1 saturated heterocycles. The van der Waals surface area contributed by atoms with Crippen LogP contribution in [0, 0.1) is 5.82 Å². The summed E-state index contributed by atoms with van der Waals surface area (Å²) in [4.78, 5) is 14.1. The third kappa shape index (κ3) is 3.24. The van der Waals surface area contributed by atoms with Crippen molar-refractivity contribution in [1.29, 1.82) is 0 Å². The molecule has 1 unspecified atom stereocenters. The van der Waals surface area contributed by atoms with Crippen LogP contribution in [0.4, 0.5) is 4.39 Å². The standard InChI is InChI=1S/C14H19FN2O3S/c1-14(2,10-3-5-11(15)6-4-10)13(18)17-8-7-12(9-17)21(16,19)20/h3-6,12H,7-9H2,1-2H3,(H2,16,19,20). The maximum atomic E-state index is 13.0. The zero-order chi connectivity index (χ0) is 15.8. The van der Waals surface area contributed by atoms with Crippen LogP contribution in [0.15, 0.2) is 24.3 Å². The van der Waals surface area contributed by atoms with Crippen molar-refractivity contribution in [3.63, 3.8) is 0 Å². The lowest BCUT2D eigenvalue weighted by Gasteiger charge is -2.29. The van der Waals surface area contributed by atoms with Crippen molar-refractivity contribution in [2.45, 2.75) is 30.9 Å². The lowest BCUT2D eigenvalue weighted by molar-refractivity contribution is -0.135. The maximum absolute atomic E-state index is 13.0. The first kappa shape index (κ1) is 15.9. The average Bonchev–Trinajstić information content (AvgIpc) is 2.87. The van der Waals surface area contributed by atoms with Crippen molar-refractivity contribution in [3.05, 3.63) is 35.6 Å². The molecule has 1 amide bonds. The van der Waals surface area contributed by atoms with Gasteiger partial charge >= 0.3 is 0 Å². The molecule has 7 heteroatoms. The zero-order valence-electron chi connectivity index (χ0n) is 12.0. The van der Waals surface area contributed by atoms with Gasteiger partial charge in [-0.05, 0) is 38.0 Å². The fourth-order valence-corrected chi connectivity index (χ4v) is 3.39. The zero-order valence-corrected chi connectivity index (χ0v) is 12.9. The molecule has 0 radical (unpaired) electrons. The van der Waals surface area contributed by atoms with E-state index in [4.69, 9.17) is 5.14 Å². The Morgan fingerprint density at radius 2 is 1.90 bits per heavy atom. The first-order chi connectivity index (χ1) is 9.62. The third-order valence-corrected chi connectivity index (χ3v) is 5.31. The SMILES string of the molecule is CC(C)(C(=O)N1CCC(S(N)(=O)=O)C1)c1ccc(F)cc1. The van der Waals surface area contributed by atoms with Crippen LogP contribution in [0.1, 0.15) is 25.8 Å². The number of carbonyl (C=O) groups excluding carboxylic acids is 1. The molecule has 1 aliphatic heterocycles. The van der Waals surface area contributed by atoms with Crippen LogP contribution in [0.5, 0.6) is 0 Å². The number of carbonyl (C=O) groups is 1. The van der Waals surface area contributed by atoms with E-state index < -0.39 is 20.7 Å². The van der Waals surface area contributed by atoms with Gasteiger partial charge in [-0.25, -0.2) is 17.9 Å². The van der Waals surface area contributed by atoms with Crippen LogP contribution in [0.25, 0.3) is 0 Å². The fraction of sp³-hybridized carbons (Fsp3) is 0.500. The van der Waals surface area contributed by atoms with Crippen molar-refractivity contribution in [3.8, 4) is 0 Å². The highest BCUT2D eigenvalue weighted by Gasteiger charge is 2.39. The average molecular weight is 314 g/mol. The Hall–Kier alpha value is -1.47. The smallest absolute Gasteiger partial charge is 0.232 e. The molecule has 0 spiro atoms. The van der Waals surface area contributed by atoms with E-state index in [-0.39, 0.29) is 18.3 Å². The molecule has 0 aliphatic carbocycles. The molecule has 1 atom stereocenters. The Morgan fingerprint density at radius 1 is 1.33 bits per heavy atom. The molecule has 1 heterocycles. The van der Waals surface area contributed by atoms with E-state index in [1.807, 2.05) is 0 Å². The number of nitrogens with zero attached hydrogens (tertiary/aromatic N) is 1. The Kier molecular flexibility index (Phi) is 4.08. The van der Waals surface area contributed by atoms with Gasteiger partial charge in [-0.3, -0.25) is 4.79 Å². The van der Waals surface area contributed by atoms with Gasteiger partial charge in [0, 0.05) is 13.1 Å². The lowest BCUT2D eigenvalue weighted by atomic mass is 9.83. The lowest BCUT2D eigenvalue weighted by Crippen LogP contribution is -2.43. The summed E-state index contributed by atoms with van der Waals surface area (Å²) in [7, 11) is -3.63. The number of halogens is 1. The molecule has 0 saturated carbocycles. The van der Waals surface area contributed by atoms with Gasteiger partial charge in [0.15, 0.2) is 0 Å². The maximum Gasteiger partial charge on any atom is 0.232 e. The molecule has 1 aromatic rings. The first-order valence-corrected chi connectivity index (χ1v) is 8.30. The molecule has 116 valence electrons. The second-order valence-corrected chi connectivity index (χ2v) is 7.73.